The highest BCUT2D eigenvalue weighted by Crippen LogP contribution is 2.25. The standard InChI is InChI=1S/C19H35N7O/c1-3-20-19(21-14-16-4-8-25(9-5-16)12-13-27-2)26-10-6-17(7-11-26)18-22-15-23-24-18/h15-17H,3-14H2,1-2H3,(H,20,21)(H,22,23,24). The Morgan fingerprint density at radius 1 is 1.26 bits per heavy atom. The zero-order chi connectivity index (χ0) is 18.9. The summed E-state index contributed by atoms with van der Waals surface area (Å²) in [5.41, 5.74) is 0. The van der Waals surface area contributed by atoms with Crippen molar-refractivity contribution in [1.82, 2.24) is 30.3 Å². The fourth-order valence-corrected chi connectivity index (χ4v) is 4.03. The summed E-state index contributed by atoms with van der Waals surface area (Å²) in [5, 5.41) is 10.5. The second kappa shape index (κ2) is 10.6. The van der Waals surface area contributed by atoms with Crippen LogP contribution in [0.5, 0.6) is 0 Å². The Morgan fingerprint density at radius 2 is 2.04 bits per heavy atom. The van der Waals surface area contributed by atoms with Gasteiger partial charge in [0.15, 0.2) is 5.96 Å². The summed E-state index contributed by atoms with van der Waals surface area (Å²) in [5.74, 6) is 3.29. The summed E-state index contributed by atoms with van der Waals surface area (Å²) in [7, 11) is 1.78. The number of likely N-dealkylation sites (tertiary alicyclic amines) is 2. The maximum atomic E-state index is 5.19. The van der Waals surface area contributed by atoms with E-state index in [1.165, 1.54) is 25.9 Å². The summed E-state index contributed by atoms with van der Waals surface area (Å²) in [6.45, 7) is 10.3. The largest absolute Gasteiger partial charge is 0.383 e. The minimum absolute atomic E-state index is 0.489. The van der Waals surface area contributed by atoms with Crippen LogP contribution < -0.4 is 5.32 Å². The van der Waals surface area contributed by atoms with Crippen LogP contribution in [0.3, 0.4) is 0 Å². The number of aliphatic imine (C=N–C) groups is 1. The minimum atomic E-state index is 0.489. The molecule has 3 rings (SSSR count). The molecule has 0 spiro atoms. The summed E-state index contributed by atoms with van der Waals surface area (Å²) in [4.78, 5) is 14.2. The molecule has 0 unspecified atom stereocenters. The van der Waals surface area contributed by atoms with Crippen LogP contribution in [-0.4, -0.2) is 90.5 Å². The van der Waals surface area contributed by atoms with Gasteiger partial charge in [-0.1, -0.05) is 0 Å². The van der Waals surface area contributed by atoms with Gasteiger partial charge >= 0.3 is 0 Å². The van der Waals surface area contributed by atoms with Crippen molar-refractivity contribution in [2.75, 3.05) is 59.5 Å². The number of ether oxygens (including phenoxy) is 1. The van der Waals surface area contributed by atoms with Crippen molar-refractivity contribution in [2.45, 2.75) is 38.5 Å². The lowest BCUT2D eigenvalue weighted by molar-refractivity contribution is 0.121. The lowest BCUT2D eigenvalue weighted by Gasteiger charge is -2.34. The van der Waals surface area contributed by atoms with Crippen LogP contribution in [0.4, 0.5) is 0 Å². The molecule has 8 nitrogen and oxygen atoms in total. The average Bonchev–Trinajstić information content (AvgIpc) is 3.25. The van der Waals surface area contributed by atoms with Crippen LogP contribution in [-0.2, 0) is 4.74 Å². The van der Waals surface area contributed by atoms with Crippen molar-refractivity contribution < 1.29 is 4.74 Å². The molecule has 2 aliphatic rings. The number of guanidine groups is 1. The number of aromatic nitrogens is 3. The molecular weight excluding hydrogens is 342 g/mol. The SMILES string of the molecule is CCNC(=NCC1CCN(CCOC)CC1)N1CCC(c2ncn[nH]2)CC1. The van der Waals surface area contributed by atoms with Gasteiger partial charge in [0, 0.05) is 45.8 Å². The van der Waals surface area contributed by atoms with Crippen LogP contribution >= 0.6 is 0 Å². The number of hydrogen-bond acceptors (Lipinski definition) is 5. The molecule has 2 aliphatic heterocycles. The minimum Gasteiger partial charge on any atom is -0.383 e. The van der Waals surface area contributed by atoms with Gasteiger partial charge in [-0.25, -0.2) is 4.98 Å². The average molecular weight is 378 g/mol. The number of hydrogen-bond donors (Lipinski definition) is 2. The lowest BCUT2D eigenvalue weighted by Crippen LogP contribution is -2.45. The Morgan fingerprint density at radius 3 is 2.67 bits per heavy atom. The van der Waals surface area contributed by atoms with E-state index in [0.29, 0.717) is 11.8 Å². The molecule has 1 aromatic rings. The van der Waals surface area contributed by atoms with Gasteiger partial charge in [-0.3, -0.25) is 10.1 Å². The quantitative estimate of drug-likeness (QED) is 0.551. The fourth-order valence-electron chi connectivity index (χ4n) is 4.03. The predicted octanol–water partition coefficient (Wildman–Crippen LogP) is 1.31. The molecule has 0 aromatic carbocycles. The highest BCUT2D eigenvalue weighted by atomic mass is 16.5. The van der Waals surface area contributed by atoms with Crippen molar-refractivity contribution >= 4 is 5.96 Å². The monoisotopic (exact) mass is 377 g/mol. The molecule has 0 radical (unpaired) electrons. The normalized spacial score (nSPS) is 21.0. The van der Waals surface area contributed by atoms with Gasteiger partial charge in [-0.2, -0.15) is 5.10 Å². The molecule has 0 amide bonds. The summed E-state index contributed by atoms with van der Waals surface area (Å²) >= 11 is 0. The van der Waals surface area contributed by atoms with Gasteiger partial charge in [0.2, 0.25) is 0 Å². The number of piperidine rings is 2. The van der Waals surface area contributed by atoms with Crippen LogP contribution in [0, 0.1) is 5.92 Å². The second-order valence-corrected chi connectivity index (χ2v) is 7.60. The highest BCUT2D eigenvalue weighted by molar-refractivity contribution is 5.80. The van der Waals surface area contributed by atoms with Crippen LogP contribution in [0.15, 0.2) is 11.3 Å². The van der Waals surface area contributed by atoms with Crippen LogP contribution in [0.2, 0.25) is 0 Å². The fraction of sp³-hybridized carbons (Fsp3) is 0.842. The molecule has 0 saturated carbocycles. The molecule has 27 heavy (non-hydrogen) atoms. The molecule has 0 bridgehead atoms. The first kappa shape index (κ1) is 20.1. The summed E-state index contributed by atoms with van der Waals surface area (Å²) in [6, 6.07) is 0. The molecule has 3 heterocycles. The topological polar surface area (TPSA) is 81.7 Å². The van der Waals surface area contributed by atoms with E-state index in [2.05, 4.69) is 37.2 Å². The third-order valence-electron chi connectivity index (χ3n) is 5.77. The molecule has 0 aliphatic carbocycles. The highest BCUT2D eigenvalue weighted by Gasteiger charge is 2.25. The summed E-state index contributed by atoms with van der Waals surface area (Å²) in [6.07, 6.45) is 6.27. The molecule has 2 N–H and O–H groups in total. The molecular formula is C19H35N7O. The molecule has 0 atom stereocenters. The van der Waals surface area contributed by atoms with E-state index < -0.39 is 0 Å². The maximum Gasteiger partial charge on any atom is 0.193 e. The van der Waals surface area contributed by atoms with E-state index in [1.807, 2.05) is 0 Å². The van der Waals surface area contributed by atoms with Crippen LogP contribution in [0.25, 0.3) is 0 Å². The lowest BCUT2D eigenvalue weighted by atomic mass is 9.96. The number of nitrogens with zero attached hydrogens (tertiary/aromatic N) is 5. The van der Waals surface area contributed by atoms with Gasteiger partial charge in [0.25, 0.3) is 0 Å². The number of rotatable bonds is 7. The van der Waals surface area contributed by atoms with Gasteiger partial charge in [-0.05, 0) is 51.6 Å². The van der Waals surface area contributed by atoms with Gasteiger partial charge in [-0.15, -0.1) is 0 Å². The van der Waals surface area contributed by atoms with Crippen molar-refractivity contribution in [2.24, 2.45) is 10.9 Å². The van der Waals surface area contributed by atoms with E-state index in [9.17, 15) is 0 Å². The number of H-pyrrole nitrogens is 1. The van der Waals surface area contributed by atoms with E-state index in [-0.39, 0.29) is 0 Å². The number of aromatic amines is 1. The zero-order valence-electron chi connectivity index (χ0n) is 16.9. The first-order valence-corrected chi connectivity index (χ1v) is 10.4. The molecule has 2 saturated heterocycles. The van der Waals surface area contributed by atoms with E-state index in [1.54, 1.807) is 13.4 Å². The Labute approximate surface area is 162 Å². The smallest absolute Gasteiger partial charge is 0.193 e. The Bertz CT molecular complexity index is 546. The van der Waals surface area contributed by atoms with E-state index in [0.717, 1.165) is 64.0 Å². The Hall–Kier alpha value is -1.67. The summed E-state index contributed by atoms with van der Waals surface area (Å²) < 4.78 is 5.19. The maximum absolute atomic E-state index is 5.19. The van der Waals surface area contributed by atoms with Gasteiger partial charge < -0.3 is 19.9 Å². The molecule has 2 fully saturated rings. The Kier molecular flexibility index (Phi) is 7.89. The number of methoxy groups -OCH3 is 1. The van der Waals surface area contributed by atoms with E-state index in [4.69, 9.17) is 9.73 Å². The van der Waals surface area contributed by atoms with Crippen molar-refractivity contribution in [3.05, 3.63) is 12.2 Å². The third-order valence-corrected chi connectivity index (χ3v) is 5.77. The zero-order valence-corrected chi connectivity index (χ0v) is 16.9. The number of nitrogens with one attached hydrogen (secondary N) is 2. The molecule has 152 valence electrons. The van der Waals surface area contributed by atoms with Crippen LogP contribution in [0.1, 0.15) is 44.3 Å². The van der Waals surface area contributed by atoms with Crippen molar-refractivity contribution in [1.29, 1.82) is 0 Å². The third kappa shape index (κ3) is 5.90. The molecule has 1 aromatic heterocycles. The second-order valence-electron chi connectivity index (χ2n) is 7.60. The first-order chi connectivity index (χ1) is 13.3. The first-order valence-electron chi connectivity index (χ1n) is 10.4. The van der Waals surface area contributed by atoms with Crippen molar-refractivity contribution in [3.8, 4) is 0 Å². The Balaban J connectivity index is 1.46. The molecule has 8 heteroatoms. The van der Waals surface area contributed by atoms with Gasteiger partial charge in [0.1, 0.15) is 12.2 Å². The predicted molar refractivity (Wildman–Crippen MR) is 107 cm³/mol. The van der Waals surface area contributed by atoms with Crippen molar-refractivity contribution in [3.63, 3.8) is 0 Å². The van der Waals surface area contributed by atoms with Gasteiger partial charge in [0.05, 0.1) is 6.61 Å². The van der Waals surface area contributed by atoms with E-state index >= 15 is 0 Å².